The van der Waals surface area contributed by atoms with Gasteiger partial charge in [0.25, 0.3) is 0 Å². The molecule has 0 saturated carbocycles. The molecule has 0 N–H and O–H groups in total. The van der Waals surface area contributed by atoms with Crippen LogP contribution >= 0.6 is 0 Å². The van der Waals surface area contributed by atoms with E-state index in [-0.39, 0.29) is 0 Å². The summed E-state index contributed by atoms with van der Waals surface area (Å²) in [6.07, 6.45) is 3.99. The van der Waals surface area contributed by atoms with Crippen molar-refractivity contribution in [1.29, 1.82) is 0 Å². The van der Waals surface area contributed by atoms with Crippen LogP contribution in [-0.2, 0) is 11.1 Å². The highest BCUT2D eigenvalue weighted by molar-refractivity contribution is 6.24. The average Bonchev–Trinajstić information content (AvgIpc) is 3.14. The van der Waals surface area contributed by atoms with Crippen molar-refractivity contribution < 1.29 is 4.65 Å². The molecule has 21 heavy (non-hydrogen) atoms. The fourth-order valence-corrected chi connectivity index (χ4v) is 3.75. The Bertz CT molecular complexity index is 616. The summed E-state index contributed by atoms with van der Waals surface area (Å²) in [7, 11) is 0.822. The molecule has 2 aliphatic heterocycles. The van der Waals surface area contributed by atoms with Gasteiger partial charge in [-0.1, -0.05) is 54.6 Å². The summed E-state index contributed by atoms with van der Waals surface area (Å²) >= 11 is 0. The lowest BCUT2D eigenvalue weighted by Crippen LogP contribution is -2.31. The monoisotopic (exact) mass is 277 g/mol. The standard InChI is InChI=1S/C18H20BNO/c1-2-7-14(8-3-1)16-10-5-4-9-15(16)13-18-17-11-6-12-20(17)19-21-18/h1-5,7-10,17-19H,6,11-13H2. The fourth-order valence-electron chi connectivity index (χ4n) is 3.75. The third kappa shape index (κ3) is 2.52. The zero-order valence-corrected chi connectivity index (χ0v) is 12.2. The molecule has 2 aromatic carbocycles. The quantitative estimate of drug-likeness (QED) is 0.800. The normalized spacial score (nSPS) is 24.8. The van der Waals surface area contributed by atoms with Crippen LogP contribution in [0.2, 0.25) is 0 Å². The summed E-state index contributed by atoms with van der Waals surface area (Å²) in [6, 6.07) is 20.1. The van der Waals surface area contributed by atoms with Gasteiger partial charge in [0.05, 0.1) is 6.10 Å². The highest BCUT2D eigenvalue weighted by atomic mass is 16.5. The number of nitrogens with zero attached hydrogens (tertiary/aromatic N) is 1. The molecule has 2 aromatic rings. The second kappa shape index (κ2) is 5.66. The van der Waals surface area contributed by atoms with Gasteiger partial charge < -0.3 is 9.47 Å². The van der Waals surface area contributed by atoms with E-state index >= 15 is 0 Å². The number of hydrogen-bond acceptors (Lipinski definition) is 2. The zero-order valence-electron chi connectivity index (χ0n) is 12.2. The van der Waals surface area contributed by atoms with E-state index in [1.165, 1.54) is 36.1 Å². The largest absolute Gasteiger partial charge is 0.419 e. The van der Waals surface area contributed by atoms with Crippen LogP contribution in [-0.4, -0.2) is 31.1 Å². The van der Waals surface area contributed by atoms with Gasteiger partial charge in [0.2, 0.25) is 0 Å². The maximum Gasteiger partial charge on any atom is 0.364 e. The van der Waals surface area contributed by atoms with E-state index in [4.69, 9.17) is 4.65 Å². The van der Waals surface area contributed by atoms with E-state index in [0.29, 0.717) is 12.1 Å². The Morgan fingerprint density at radius 2 is 1.86 bits per heavy atom. The van der Waals surface area contributed by atoms with Crippen LogP contribution in [0.3, 0.4) is 0 Å². The molecule has 0 aliphatic carbocycles. The van der Waals surface area contributed by atoms with Crippen LogP contribution in [0.4, 0.5) is 0 Å². The number of fused-ring (bicyclic) bond motifs is 1. The lowest BCUT2D eigenvalue weighted by molar-refractivity contribution is 0.205. The third-order valence-corrected chi connectivity index (χ3v) is 4.82. The van der Waals surface area contributed by atoms with Crippen LogP contribution < -0.4 is 0 Å². The van der Waals surface area contributed by atoms with Crippen molar-refractivity contribution in [3.63, 3.8) is 0 Å². The molecule has 106 valence electrons. The number of rotatable bonds is 3. The highest BCUT2D eigenvalue weighted by Gasteiger charge is 2.38. The molecule has 2 heterocycles. The topological polar surface area (TPSA) is 12.5 Å². The zero-order chi connectivity index (χ0) is 14.1. The van der Waals surface area contributed by atoms with Crippen LogP contribution in [0.5, 0.6) is 0 Å². The second-order valence-corrected chi connectivity index (χ2v) is 6.08. The van der Waals surface area contributed by atoms with Crippen LogP contribution in [0.25, 0.3) is 11.1 Å². The minimum atomic E-state index is 0.359. The summed E-state index contributed by atoms with van der Waals surface area (Å²) in [4.78, 5) is 2.50. The van der Waals surface area contributed by atoms with Crippen molar-refractivity contribution in [3.05, 3.63) is 60.2 Å². The van der Waals surface area contributed by atoms with E-state index in [1.807, 2.05) is 0 Å². The lowest BCUT2D eigenvalue weighted by Gasteiger charge is -2.20. The van der Waals surface area contributed by atoms with E-state index in [1.54, 1.807) is 0 Å². The first-order chi connectivity index (χ1) is 10.4. The van der Waals surface area contributed by atoms with E-state index in [9.17, 15) is 0 Å². The fraction of sp³-hybridized carbons (Fsp3) is 0.333. The first kappa shape index (κ1) is 13.1. The summed E-state index contributed by atoms with van der Waals surface area (Å²) in [5.74, 6) is 0. The Balaban J connectivity index is 1.61. The smallest absolute Gasteiger partial charge is 0.364 e. The summed E-state index contributed by atoms with van der Waals surface area (Å²) in [5, 5.41) is 0. The molecule has 0 spiro atoms. The van der Waals surface area contributed by atoms with Crippen molar-refractivity contribution in [2.45, 2.75) is 31.4 Å². The first-order valence-electron chi connectivity index (χ1n) is 7.91. The highest BCUT2D eigenvalue weighted by Crippen LogP contribution is 2.31. The van der Waals surface area contributed by atoms with E-state index in [2.05, 4.69) is 59.4 Å². The van der Waals surface area contributed by atoms with Gasteiger partial charge in [-0.3, -0.25) is 0 Å². The van der Waals surface area contributed by atoms with Gasteiger partial charge in [-0.2, -0.15) is 0 Å². The van der Waals surface area contributed by atoms with Crippen molar-refractivity contribution >= 4 is 7.62 Å². The molecule has 0 aromatic heterocycles. The molecule has 2 unspecified atom stereocenters. The molecule has 2 fully saturated rings. The second-order valence-electron chi connectivity index (χ2n) is 6.08. The summed E-state index contributed by atoms with van der Waals surface area (Å²) in [6.45, 7) is 1.21. The van der Waals surface area contributed by atoms with Gasteiger partial charge >= 0.3 is 7.62 Å². The molecule has 2 aliphatic rings. The Kier molecular flexibility index (Phi) is 3.54. The summed E-state index contributed by atoms with van der Waals surface area (Å²) < 4.78 is 6.04. The maximum absolute atomic E-state index is 6.04. The van der Waals surface area contributed by atoms with Gasteiger partial charge in [0.15, 0.2) is 0 Å². The van der Waals surface area contributed by atoms with E-state index < -0.39 is 0 Å². The lowest BCUT2D eigenvalue weighted by atomic mass is 9.93. The Labute approximate surface area is 127 Å². The molecule has 0 bridgehead atoms. The molecular weight excluding hydrogens is 257 g/mol. The van der Waals surface area contributed by atoms with Crippen LogP contribution in [0, 0.1) is 0 Å². The minimum Gasteiger partial charge on any atom is -0.419 e. The van der Waals surface area contributed by atoms with Crippen molar-refractivity contribution in [2.24, 2.45) is 0 Å². The van der Waals surface area contributed by atoms with Crippen molar-refractivity contribution in [2.75, 3.05) is 6.54 Å². The van der Waals surface area contributed by atoms with Crippen molar-refractivity contribution in [3.8, 4) is 11.1 Å². The molecule has 2 atom stereocenters. The van der Waals surface area contributed by atoms with Crippen LogP contribution in [0.15, 0.2) is 54.6 Å². The van der Waals surface area contributed by atoms with Gasteiger partial charge in [-0.25, -0.2) is 0 Å². The molecular formula is C18H20BNO. The predicted octanol–water partition coefficient (Wildman–Crippen LogP) is 3.03. The van der Waals surface area contributed by atoms with Crippen LogP contribution in [0.1, 0.15) is 18.4 Å². The molecule has 0 amide bonds. The predicted molar refractivity (Wildman–Crippen MR) is 87.3 cm³/mol. The van der Waals surface area contributed by atoms with E-state index in [0.717, 1.165) is 14.0 Å². The molecule has 4 rings (SSSR count). The molecule has 2 saturated heterocycles. The van der Waals surface area contributed by atoms with Crippen molar-refractivity contribution in [1.82, 2.24) is 4.81 Å². The first-order valence-corrected chi connectivity index (χ1v) is 7.91. The number of hydrogen-bond donors (Lipinski definition) is 0. The number of benzene rings is 2. The average molecular weight is 277 g/mol. The molecule has 0 radical (unpaired) electrons. The van der Waals surface area contributed by atoms with Gasteiger partial charge in [0, 0.05) is 6.04 Å². The van der Waals surface area contributed by atoms with Gasteiger partial charge in [-0.15, -0.1) is 0 Å². The Hall–Kier alpha value is -1.58. The molecule has 2 nitrogen and oxygen atoms in total. The third-order valence-electron chi connectivity index (χ3n) is 4.82. The Morgan fingerprint density at radius 1 is 1.05 bits per heavy atom. The minimum absolute atomic E-state index is 0.359. The van der Waals surface area contributed by atoms with Gasteiger partial charge in [0.1, 0.15) is 0 Å². The summed E-state index contributed by atoms with van der Waals surface area (Å²) in [5.41, 5.74) is 4.05. The van der Waals surface area contributed by atoms with Gasteiger partial charge in [-0.05, 0) is 42.5 Å². The molecule has 3 heteroatoms. The maximum atomic E-state index is 6.04. The Morgan fingerprint density at radius 3 is 2.76 bits per heavy atom. The SMILES string of the molecule is B1OC(Cc2ccccc2-c2ccccc2)C2CCCN12.